The topological polar surface area (TPSA) is 116 Å². The van der Waals surface area contributed by atoms with Crippen molar-refractivity contribution in [3.63, 3.8) is 0 Å². The zero-order chi connectivity index (χ0) is 33.5. The molecule has 11 heteroatoms. The second-order valence-corrected chi connectivity index (χ2v) is 10.2. The maximum absolute atomic E-state index is 13.3. The number of hydrogen-bond donors (Lipinski definition) is 3. The van der Waals surface area contributed by atoms with Crippen LogP contribution in [0.25, 0.3) is 0 Å². The molecule has 1 aromatic heterocycles. The van der Waals surface area contributed by atoms with Crippen LogP contribution in [0.2, 0.25) is 0 Å². The molecule has 0 spiro atoms. The van der Waals surface area contributed by atoms with Crippen LogP contribution in [0.4, 0.5) is 5.69 Å². The van der Waals surface area contributed by atoms with Gasteiger partial charge in [-0.2, -0.15) is 11.8 Å². The first-order valence-electron chi connectivity index (χ1n) is 14.2. The number of aliphatic imine (C=N–C) groups is 2. The number of thioether (sulfide) groups is 1. The van der Waals surface area contributed by atoms with E-state index in [1.165, 1.54) is 12.0 Å². The Balaban J connectivity index is -0.00000105. The molecule has 9 nitrogen and oxygen atoms in total. The van der Waals surface area contributed by atoms with Crippen LogP contribution in [0.3, 0.4) is 0 Å². The molecule has 0 aliphatic heterocycles. The van der Waals surface area contributed by atoms with Crippen molar-refractivity contribution in [3.05, 3.63) is 57.9 Å². The van der Waals surface area contributed by atoms with E-state index in [1.54, 1.807) is 30.2 Å². The quantitative estimate of drug-likeness (QED) is 0.134. The second-order valence-electron chi connectivity index (χ2n) is 8.23. The van der Waals surface area contributed by atoms with Crippen LogP contribution in [-0.4, -0.2) is 90.6 Å². The Morgan fingerprint density at radius 3 is 2.30 bits per heavy atom. The molecule has 0 saturated carbocycles. The van der Waals surface area contributed by atoms with Gasteiger partial charge < -0.3 is 30.2 Å². The van der Waals surface area contributed by atoms with Gasteiger partial charge in [0.25, 0.3) is 5.91 Å². The minimum Gasteiger partial charge on any atom is -0.485 e. The van der Waals surface area contributed by atoms with Crippen LogP contribution < -0.4 is 20.3 Å². The van der Waals surface area contributed by atoms with Crippen molar-refractivity contribution in [1.29, 1.82) is 0 Å². The number of nitrogens with one attached hydrogen (secondary N) is 2. The molecule has 1 heterocycles. The van der Waals surface area contributed by atoms with Crippen molar-refractivity contribution >= 4 is 54.4 Å². The summed E-state index contributed by atoms with van der Waals surface area (Å²) in [6.07, 6.45) is 4.67. The van der Waals surface area contributed by atoms with Crippen LogP contribution >= 0.6 is 23.1 Å². The fraction of sp³-hybridized carbons (Fsp3) is 0.500. The van der Waals surface area contributed by atoms with E-state index in [1.807, 2.05) is 102 Å². The Hall–Kier alpha value is -2.83. The monoisotopic (exact) mass is 637 g/mol. The molecule has 244 valence electrons. The summed E-state index contributed by atoms with van der Waals surface area (Å²) < 4.78 is 6.17. The zero-order valence-electron chi connectivity index (χ0n) is 27.7. The summed E-state index contributed by atoms with van der Waals surface area (Å²) in [4.78, 5) is 31.9. The van der Waals surface area contributed by atoms with E-state index in [0.29, 0.717) is 30.0 Å². The van der Waals surface area contributed by atoms with E-state index in [2.05, 4.69) is 33.6 Å². The minimum absolute atomic E-state index is 0.0288. The molecule has 0 radical (unpaired) electrons. The molecular weight excluding hydrogens is 583 g/mol. The number of thiophene rings is 1. The van der Waals surface area contributed by atoms with Gasteiger partial charge in [-0.1, -0.05) is 32.9 Å². The third kappa shape index (κ3) is 19.9. The van der Waals surface area contributed by atoms with Crippen LogP contribution in [0, 0.1) is 0 Å². The van der Waals surface area contributed by atoms with Crippen LogP contribution in [-0.2, 0) is 9.59 Å². The smallest absolute Gasteiger partial charge is 0.261 e. The number of ether oxygens (including phenoxy) is 1. The number of amides is 1. The van der Waals surface area contributed by atoms with E-state index in [0.717, 1.165) is 23.5 Å². The van der Waals surface area contributed by atoms with E-state index in [-0.39, 0.29) is 18.6 Å². The SMILES string of the molecule is C=N/C(C)=C(\C=NC)C(=O)N(CCC)c1cccc(OC(CCO)c2cccs2)c1.C=O.CC.CNC.CNCCSC. The molecule has 0 aliphatic rings. The van der Waals surface area contributed by atoms with Gasteiger partial charge in [0.15, 0.2) is 0 Å². The molecule has 2 aromatic rings. The summed E-state index contributed by atoms with van der Waals surface area (Å²) in [7, 11) is 7.34. The lowest BCUT2D eigenvalue weighted by molar-refractivity contribution is -0.114. The Morgan fingerprint density at radius 2 is 1.86 bits per heavy atom. The van der Waals surface area contributed by atoms with Gasteiger partial charge in [-0.05, 0) is 71.0 Å². The molecule has 0 fully saturated rings. The summed E-state index contributed by atoms with van der Waals surface area (Å²) in [6.45, 7) is 15.0. The summed E-state index contributed by atoms with van der Waals surface area (Å²) in [5, 5.41) is 17.2. The number of aliphatic hydroxyl groups excluding tert-OH is 1. The van der Waals surface area contributed by atoms with Gasteiger partial charge in [0.05, 0.1) is 11.3 Å². The van der Waals surface area contributed by atoms with Gasteiger partial charge in [0, 0.05) is 61.8 Å². The maximum atomic E-state index is 13.3. The normalized spacial score (nSPS) is 11.0. The van der Waals surface area contributed by atoms with Crippen molar-refractivity contribution in [1.82, 2.24) is 10.6 Å². The first kappa shape index (κ1) is 44.6. The Kier molecular flexibility index (Phi) is 33.3. The minimum atomic E-state index is -0.240. The fourth-order valence-corrected chi connectivity index (χ4v) is 4.38. The molecule has 0 bridgehead atoms. The standard InChI is InChI=1S/C23H29N3O3S.C4H11NS.C2H7N.C2H6.CH2O/c1-5-12-26(23(28)20(16-24-3)17(2)25-4)18-8-6-9-19(15-18)29-21(11-13-27)22-10-7-14-30-22;1-5-3-4-6-2;1-3-2;2*1-2/h6-10,14-16,21,27H,4-5,11-13H2,1-3H3;5H,3-4H2,1-2H3;3H,1-2H3;1-2H3;1H2/b20-17+,24-16?;;;;. The summed E-state index contributed by atoms with van der Waals surface area (Å²) >= 11 is 3.45. The number of carbonyl (C=O) groups excluding carboxylic acids is 2. The van der Waals surface area contributed by atoms with Crippen molar-refractivity contribution in [3.8, 4) is 5.75 Å². The molecule has 1 aromatic carbocycles. The number of aliphatic hydroxyl groups is 1. The third-order valence-corrected chi connectivity index (χ3v) is 6.60. The molecule has 0 aliphatic carbocycles. The van der Waals surface area contributed by atoms with Gasteiger partial charge in [-0.3, -0.25) is 14.8 Å². The lowest BCUT2D eigenvalue weighted by Crippen LogP contribution is -2.33. The first-order valence-corrected chi connectivity index (χ1v) is 16.5. The number of allylic oxidation sites excluding steroid dienone is 1. The van der Waals surface area contributed by atoms with Gasteiger partial charge in [0.1, 0.15) is 18.6 Å². The van der Waals surface area contributed by atoms with Crippen LogP contribution in [0.1, 0.15) is 51.5 Å². The summed E-state index contributed by atoms with van der Waals surface area (Å²) in [6, 6.07) is 11.4. The zero-order valence-corrected chi connectivity index (χ0v) is 29.3. The van der Waals surface area contributed by atoms with Crippen molar-refractivity contribution in [2.75, 3.05) is 64.8 Å². The highest BCUT2D eigenvalue weighted by Gasteiger charge is 2.21. The van der Waals surface area contributed by atoms with E-state index in [9.17, 15) is 9.90 Å². The molecule has 1 atom stereocenters. The number of carbonyl (C=O) groups is 2. The lowest BCUT2D eigenvalue weighted by Gasteiger charge is -2.24. The molecule has 2 rings (SSSR count). The van der Waals surface area contributed by atoms with Gasteiger partial charge in [0.2, 0.25) is 0 Å². The van der Waals surface area contributed by atoms with Crippen LogP contribution in [0.5, 0.6) is 5.75 Å². The molecular formula is C32H55N5O4S2. The van der Waals surface area contributed by atoms with Crippen molar-refractivity contribution in [2.45, 2.75) is 46.6 Å². The Labute approximate surface area is 268 Å². The largest absolute Gasteiger partial charge is 0.485 e. The fourth-order valence-electron chi connectivity index (χ4n) is 3.18. The Bertz CT molecular complexity index is 997. The van der Waals surface area contributed by atoms with E-state index >= 15 is 0 Å². The third-order valence-electron chi connectivity index (χ3n) is 5.02. The summed E-state index contributed by atoms with van der Waals surface area (Å²) in [5.41, 5.74) is 1.66. The number of hydrogen-bond acceptors (Lipinski definition) is 10. The van der Waals surface area contributed by atoms with Gasteiger partial charge in [-0.25, -0.2) is 0 Å². The number of anilines is 1. The molecule has 1 amide bonds. The van der Waals surface area contributed by atoms with Crippen molar-refractivity contribution in [2.24, 2.45) is 9.98 Å². The maximum Gasteiger partial charge on any atom is 0.261 e. The number of nitrogens with zero attached hydrogens (tertiary/aromatic N) is 3. The number of benzene rings is 1. The molecule has 0 saturated heterocycles. The van der Waals surface area contributed by atoms with Crippen LogP contribution in [0.15, 0.2) is 63.0 Å². The van der Waals surface area contributed by atoms with Gasteiger partial charge in [-0.15, -0.1) is 11.3 Å². The average Bonchev–Trinajstić information content (AvgIpc) is 3.59. The highest BCUT2D eigenvalue weighted by atomic mass is 32.2. The predicted octanol–water partition coefficient (Wildman–Crippen LogP) is 5.91. The summed E-state index contributed by atoms with van der Waals surface area (Å²) in [5.74, 6) is 1.67. The number of rotatable bonds is 14. The van der Waals surface area contributed by atoms with E-state index in [4.69, 9.17) is 9.53 Å². The molecule has 1 unspecified atom stereocenters. The predicted molar refractivity (Wildman–Crippen MR) is 191 cm³/mol. The van der Waals surface area contributed by atoms with E-state index < -0.39 is 0 Å². The van der Waals surface area contributed by atoms with Crippen molar-refractivity contribution < 1.29 is 19.4 Å². The Morgan fingerprint density at radius 1 is 1.21 bits per heavy atom. The highest BCUT2D eigenvalue weighted by Crippen LogP contribution is 2.30. The first-order chi connectivity index (χ1) is 20.9. The molecule has 43 heavy (non-hydrogen) atoms. The van der Waals surface area contributed by atoms with Gasteiger partial charge >= 0.3 is 0 Å². The highest BCUT2D eigenvalue weighted by molar-refractivity contribution is 7.98. The lowest BCUT2D eigenvalue weighted by atomic mass is 10.1. The second kappa shape index (κ2) is 32.1. The average molecular weight is 638 g/mol. The molecule has 3 N–H and O–H groups in total.